The molecule has 1 aromatic rings. The lowest BCUT2D eigenvalue weighted by molar-refractivity contribution is 0.494. The summed E-state index contributed by atoms with van der Waals surface area (Å²) < 4.78 is 0. The molecule has 0 spiro atoms. The van der Waals surface area contributed by atoms with Gasteiger partial charge in [0.25, 0.3) is 0 Å². The van der Waals surface area contributed by atoms with Crippen LogP contribution in [0.3, 0.4) is 0 Å². The number of nitrogens with zero attached hydrogens (tertiary/aromatic N) is 2. The molecular formula is C13H19N3. The molecule has 1 saturated carbocycles. The maximum atomic E-state index is 5.80. The van der Waals surface area contributed by atoms with Crippen LogP contribution in [0.25, 0.3) is 0 Å². The Kier molecular flexibility index (Phi) is 2.27. The quantitative estimate of drug-likeness (QED) is 0.784. The van der Waals surface area contributed by atoms with E-state index in [9.17, 15) is 0 Å². The van der Waals surface area contributed by atoms with E-state index in [0.29, 0.717) is 0 Å². The van der Waals surface area contributed by atoms with E-state index in [-0.39, 0.29) is 0 Å². The summed E-state index contributed by atoms with van der Waals surface area (Å²) in [6, 6.07) is 4.04. The van der Waals surface area contributed by atoms with Crippen LogP contribution in [0.4, 0.5) is 11.5 Å². The number of anilines is 2. The summed E-state index contributed by atoms with van der Waals surface area (Å²) in [6.07, 6.45) is 4.25. The van der Waals surface area contributed by atoms with Crippen molar-refractivity contribution in [3.8, 4) is 0 Å². The summed E-state index contributed by atoms with van der Waals surface area (Å²) >= 11 is 0. The Morgan fingerprint density at radius 2 is 1.94 bits per heavy atom. The van der Waals surface area contributed by atoms with E-state index >= 15 is 0 Å². The third kappa shape index (κ3) is 1.55. The smallest absolute Gasteiger partial charge is 0.128 e. The average molecular weight is 217 g/mol. The normalized spacial score (nSPS) is 28.4. The van der Waals surface area contributed by atoms with Crippen LogP contribution in [-0.4, -0.2) is 18.1 Å². The molecule has 3 nitrogen and oxygen atoms in total. The monoisotopic (exact) mass is 217 g/mol. The maximum absolute atomic E-state index is 5.80. The first kappa shape index (κ1) is 9.94. The highest BCUT2D eigenvalue weighted by molar-refractivity contribution is 5.51. The number of hydrogen-bond acceptors (Lipinski definition) is 3. The van der Waals surface area contributed by atoms with Gasteiger partial charge < -0.3 is 10.6 Å². The van der Waals surface area contributed by atoms with Crippen molar-refractivity contribution in [1.29, 1.82) is 0 Å². The van der Waals surface area contributed by atoms with E-state index in [1.54, 1.807) is 0 Å². The SMILES string of the molecule is Cc1nc(N2CC3CCCC3C2)ccc1N. The average Bonchev–Trinajstić information content (AvgIpc) is 2.81. The third-order valence-electron chi connectivity index (χ3n) is 4.16. The highest BCUT2D eigenvalue weighted by Gasteiger charge is 2.36. The van der Waals surface area contributed by atoms with Crippen molar-refractivity contribution in [2.24, 2.45) is 11.8 Å². The fourth-order valence-corrected chi connectivity index (χ4v) is 3.16. The Bertz CT molecular complexity index is 390. The molecule has 0 radical (unpaired) electrons. The summed E-state index contributed by atoms with van der Waals surface area (Å²) in [5.74, 6) is 2.94. The second kappa shape index (κ2) is 3.65. The molecule has 3 rings (SSSR count). The van der Waals surface area contributed by atoms with E-state index in [1.165, 1.54) is 32.4 Å². The molecule has 2 heterocycles. The van der Waals surface area contributed by atoms with Gasteiger partial charge in [-0.25, -0.2) is 4.98 Å². The lowest BCUT2D eigenvalue weighted by Crippen LogP contribution is -2.22. The Hall–Kier alpha value is -1.25. The Labute approximate surface area is 96.7 Å². The number of aryl methyl sites for hydroxylation is 1. The molecule has 1 aliphatic heterocycles. The van der Waals surface area contributed by atoms with Crippen LogP contribution in [0.15, 0.2) is 12.1 Å². The summed E-state index contributed by atoms with van der Waals surface area (Å²) in [7, 11) is 0. The molecule has 0 bridgehead atoms. The van der Waals surface area contributed by atoms with Gasteiger partial charge in [0.1, 0.15) is 5.82 Å². The number of pyridine rings is 1. The van der Waals surface area contributed by atoms with Gasteiger partial charge in [0.15, 0.2) is 0 Å². The molecule has 2 aliphatic rings. The van der Waals surface area contributed by atoms with Crippen LogP contribution in [0.1, 0.15) is 25.0 Å². The minimum atomic E-state index is 0.795. The van der Waals surface area contributed by atoms with E-state index in [2.05, 4.69) is 16.0 Å². The van der Waals surface area contributed by atoms with Crippen molar-refractivity contribution in [1.82, 2.24) is 4.98 Å². The Morgan fingerprint density at radius 3 is 2.56 bits per heavy atom. The van der Waals surface area contributed by atoms with Gasteiger partial charge in [-0.1, -0.05) is 6.42 Å². The topological polar surface area (TPSA) is 42.2 Å². The van der Waals surface area contributed by atoms with Crippen molar-refractivity contribution in [2.45, 2.75) is 26.2 Å². The lowest BCUT2D eigenvalue weighted by Gasteiger charge is -2.19. The van der Waals surface area contributed by atoms with E-state index in [0.717, 1.165) is 29.0 Å². The van der Waals surface area contributed by atoms with Gasteiger partial charge >= 0.3 is 0 Å². The first-order valence-corrected chi connectivity index (χ1v) is 6.22. The van der Waals surface area contributed by atoms with Gasteiger partial charge in [0.2, 0.25) is 0 Å². The minimum absolute atomic E-state index is 0.795. The Morgan fingerprint density at radius 1 is 1.25 bits per heavy atom. The molecule has 1 saturated heterocycles. The fourth-order valence-electron chi connectivity index (χ4n) is 3.16. The molecule has 1 aliphatic carbocycles. The van der Waals surface area contributed by atoms with Gasteiger partial charge in [-0.15, -0.1) is 0 Å². The second-order valence-corrected chi connectivity index (χ2v) is 5.20. The molecule has 0 amide bonds. The predicted octanol–water partition coefficient (Wildman–Crippen LogP) is 2.21. The fraction of sp³-hybridized carbons (Fsp3) is 0.615. The van der Waals surface area contributed by atoms with E-state index < -0.39 is 0 Å². The summed E-state index contributed by atoms with van der Waals surface area (Å²) in [5.41, 5.74) is 7.55. The van der Waals surface area contributed by atoms with Crippen molar-refractivity contribution in [3.63, 3.8) is 0 Å². The molecule has 2 N–H and O–H groups in total. The van der Waals surface area contributed by atoms with Crippen LogP contribution >= 0.6 is 0 Å². The zero-order chi connectivity index (χ0) is 11.1. The van der Waals surface area contributed by atoms with Crippen molar-refractivity contribution in [3.05, 3.63) is 17.8 Å². The van der Waals surface area contributed by atoms with Crippen molar-refractivity contribution < 1.29 is 0 Å². The van der Waals surface area contributed by atoms with Crippen LogP contribution in [-0.2, 0) is 0 Å². The van der Waals surface area contributed by atoms with Crippen LogP contribution in [0.2, 0.25) is 0 Å². The van der Waals surface area contributed by atoms with Crippen molar-refractivity contribution >= 4 is 11.5 Å². The molecule has 2 atom stereocenters. The van der Waals surface area contributed by atoms with Crippen LogP contribution < -0.4 is 10.6 Å². The first-order valence-electron chi connectivity index (χ1n) is 6.22. The summed E-state index contributed by atoms with van der Waals surface area (Å²) in [5, 5.41) is 0. The number of rotatable bonds is 1. The predicted molar refractivity (Wildman–Crippen MR) is 66.4 cm³/mol. The largest absolute Gasteiger partial charge is 0.397 e. The lowest BCUT2D eigenvalue weighted by atomic mass is 10.0. The number of nitrogen functional groups attached to an aromatic ring is 1. The van der Waals surface area contributed by atoms with Gasteiger partial charge in [-0.3, -0.25) is 0 Å². The molecule has 2 fully saturated rings. The Balaban J connectivity index is 1.81. The van der Waals surface area contributed by atoms with Gasteiger partial charge in [-0.05, 0) is 43.7 Å². The highest BCUT2D eigenvalue weighted by Crippen LogP contribution is 2.39. The number of nitrogens with two attached hydrogens (primary N) is 1. The summed E-state index contributed by atoms with van der Waals surface area (Å²) in [4.78, 5) is 7.01. The zero-order valence-electron chi connectivity index (χ0n) is 9.82. The number of hydrogen-bond donors (Lipinski definition) is 1. The molecule has 3 heteroatoms. The standard InChI is InChI=1S/C13H19N3/c1-9-12(14)5-6-13(15-9)16-7-10-3-2-4-11(10)8-16/h5-6,10-11H,2-4,7-8,14H2,1H3. The van der Waals surface area contributed by atoms with Crippen LogP contribution in [0, 0.1) is 18.8 Å². The van der Waals surface area contributed by atoms with E-state index in [4.69, 9.17) is 5.73 Å². The molecule has 16 heavy (non-hydrogen) atoms. The molecule has 0 aromatic carbocycles. The number of fused-ring (bicyclic) bond motifs is 1. The second-order valence-electron chi connectivity index (χ2n) is 5.20. The number of aromatic nitrogens is 1. The molecule has 2 unspecified atom stereocenters. The van der Waals surface area contributed by atoms with E-state index in [1.807, 2.05) is 13.0 Å². The molecule has 86 valence electrons. The molecule has 1 aromatic heterocycles. The minimum Gasteiger partial charge on any atom is -0.397 e. The third-order valence-corrected chi connectivity index (χ3v) is 4.16. The molecular weight excluding hydrogens is 198 g/mol. The van der Waals surface area contributed by atoms with Gasteiger partial charge in [-0.2, -0.15) is 0 Å². The first-order chi connectivity index (χ1) is 7.74. The zero-order valence-corrected chi connectivity index (χ0v) is 9.82. The van der Waals surface area contributed by atoms with Crippen LogP contribution in [0.5, 0.6) is 0 Å². The van der Waals surface area contributed by atoms with Gasteiger partial charge in [0.05, 0.1) is 11.4 Å². The van der Waals surface area contributed by atoms with Crippen molar-refractivity contribution in [2.75, 3.05) is 23.7 Å². The summed E-state index contributed by atoms with van der Waals surface area (Å²) in [6.45, 7) is 4.37. The van der Waals surface area contributed by atoms with Gasteiger partial charge in [0, 0.05) is 13.1 Å². The maximum Gasteiger partial charge on any atom is 0.128 e. The highest BCUT2D eigenvalue weighted by atomic mass is 15.2.